The van der Waals surface area contributed by atoms with E-state index in [1.807, 2.05) is 35.7 Å². The zero-order chi connectivity index (χ0) is 20.9. The zero-order valence-electron chi connectivity index (χ0n) is 16.4. The number of carbonyl (C=O) groups is 2. The predicted molar refractivity (Wildman–Crippen MR) is 116 cm³/mol. The number of hydrogen-bond acceptors (Lipinski definition) is 4. The van der Waals surface area contributed by atoms with Crippen LogP contribution in [0, 0.1) is 11.7 Å². The molecule has 2 aromatic carbocycles. The van der Waals surface area contributed by atoms with E-state index < -0.39 is 0 Å². The number of likely N-dealkylation sites (tertiary alicyclic amines) is 1. The molecular formula is C23H22FN3O2S. The van der Waals surface area contributed by atoms with E-state index in [0.29, 0.717) is 42.2 Å². The van der Waals surface area contributed by atoms with Gasteiger partial charge in [-0.25, -0.2) is 9.37 Å². The maximum Gasteiger partial charge on any atom is 0.228 e. The lowest BCUT2D eigenvalue weighted by atomic mass is 9.95. The van der Waals surface area contributed by atoms with E-state index in [2.05, 4.69) is 10.3 Å². The molecule has 1 N–H and O–H groups in total. The second-order valence-corrected chi connectivity index (χ2v) is 8.20. The minimum absolute atomic E-state index is 0.00698. The number of benzene rings is 2. The lowest BCUT2D eigenvalue weighted by Crippen LogP contribution is -2.42. The first-order chi connectivity index (χ1) is 14.6. The minimum Gasteiger partial charge on any atom is -0.342 e. The molecule has 3 aromatic rings. The number of hydrogen-bond donors (Lipinski definition) is 1. The molecule has 1 aromatic heterocycles. The van der Waals surface area contributed by atoms with Gasteiger partial charge in [0.25, 0.3) is 0 Å². The highest BCUT2D eigenvalue weighted by molar-refractivity contribution is 7.13. The van der Waals surface area contributed by atoms with E-state index in [1.54, 1.807) is 17.0 Å². The second-order valence-electron chi connectivity index (χ2n) is 7.34. The maximum atomic E-state index is 13.4. The molecule has 30 heavy (non-hydrogen) atoms. The van der Waals surface area contributed by atoms with Crippen molar-refractivity contribution in [3.63, 3.8) is 0 Å². The van der Waals surface area contributed by atoms with Gasteiger partial charge in [-0.2, -0.15) is 0 Å². The molecule has 0 aliphatic carbocycles. The SMILES string of the molecule is O=C(Nc1ccccc1)C1CCN(C(=O)Cc2csc(-c3cccc(F)c3)n2)CC1. The number of rotatable bonds is 5. The van der Waals surface area contributed by atoms with Gasteiger partial charge in [-0.1, -0.05) is 30.3 Å². The lowest BCUT2D eigenvalue weighted by molar-refractivity contribution is -0.133. The van der Waals surface area contributed by atoms with Crippen molar-refractivity contribution in [1.29, 1.82) is 0 Å². The van der Waals surface area contributed by atoms with E-state index in [9.17, 15) is 14.0 Å². The van der Waals surface area contributed by atoms with Crippen LogP contribution >= 0.6 is 11.3 Å². The molecular weight excluding hydrogens is 401 g/mol. The van der Waals surface area contributed by atoms with E-state index in [1.165, 1.54) is 23.5 Å². The Bertz CT molecular complexity index is 1030. The molecule has 1 saturated heterocycles. The third-order valence-electron chi connectivity index (χ3n) is 5.22. The van der Waals surface area contributed by atoms with E-state index in [4.69, 9.17) is 0 Å². The van der Waals surface area contributed by atoms with Crippen molar-refractivity contribution >= 4 is 28.8 Å². The van der Waals surface area contributed by atoms with E-state index in [0.717, 1.165) is 5.69 Å². The van der Waals surface area contributed by atoms with Crippen molar-refractivity contribution in [3.05, 3.63) is 71.5 Å². The summed E-state index contributed by atoms with van der Waals surface area (Å²) in [6.07, 6.45) is 1.51. The molecule has 4 rings (SSSR count). The summed E-state index contributed by atoms with van der Waals surface area (Å²) in [4.78, 5) is 31.4. The summed E-state index contributed by atoms with van der Waals surface area (Å²) < 4.78 is 13.4. The Morgan fingerprint density at radius 3 is 2.60 bits per heavy atom. The third-order valence-corrected chi connectivity index (χ3v) is 6.16. The van der Waals surface area contributed by atoms with Crippen LogP contribution in [0.1, 0.15) is 18.5 Å². The number of anilines is 1. The Morgan fingerprint density at radius 1 is 1.10 bits per heavy atom. The number of aromatic nitrogens is 1. The molecule has 0 unspecified atom stereocenters. The van der Waals surface area contributed by atoms with Gasteiger partial charge in [-0.05, 0) is 37.1 Å². The van der Waals surface area contributed by atoms with Crippen LogP contribution in [0.4, 0.5) is 10.1 Å². The van der Waals surface area contributed by atoms with Gasteiger partial charge in [0.2, 0.25) is 11.8 Å². The number of nitrogens with one attached hydrogen (secondary N) is 1. The summed E-state index contributed by atoms with van der Waals surface area (Å²) in [6, 6.07) is 15.7. The molecule has 0 spiro atoms. The maximum absolute atomic E-state index is 13.4. The topological polar surface area (TPSA) is 62.3 Å². The van der Waals surface area contributed by atoms with Gasteiger partial charge in [0, 0.05) is 35.6 Å². The standard InChI is InChI=1S/C23H22FN3O2S/c24-18-6-4-5-17(13-18)23-26-20(15-30-23)14-21(28)27-11-9-16(10-12-27)22(29)25-19-7-2-1-3-8-19/h1-8,13,15-16H,9-12,14H2,(H,25,29). The van der Waals surface area contributed by atoms with Gasteiger partial charge in [0.05, 0.1) is 12.1 Å². The van der Waals surface area contributed by atoms with Crippen molar-refractivity contribution in [2.45, 2.75) is 19.3 Å². The molecule has 1 fully saturated rings. The monoisotopic (exact) mass is 423 g/mol. The molecule has 7 heteroatoms. The van der Waals surface area contributed by atoms with E-state index in [-0.39, 0.29) is 30.0 Å². The second kappa shape index (κ2) is 9.17. The highest BCUT2D eigenvalue weighted by Crippen LogP contribution is 2.25. The number of thiazole rings is 1. The van der Waals surface area contributed by atoms with Gasteiger partial charge < -0.3 is 10.2 Å². The fraction of sp³-hybridized carbons (Fsp3) is 0.261. The van der Waals surface area contributed by atoms with Crippen molar-refractivity contribution in [3.8, 4) is 10.6 Å². The lowest BCUT2D eigenvalue weighted by Gasteiger charge is -2.31. The van der Waals surface area contributed by atoms with Crippen molar-refractivity contribution in [1.82, 2.24) is 9.88 Å². The number of carbonyl (C=O) groups excluding carboxylic acids is 2. The van der Waals surface area contributed by atoms with Crippen molar-refractivity contribution in [2.75, 3.05) is 18.4 Å². The van der Waals surface area contributed by atoms with Crippen molar-refractivity contribution < 1.29 is 14.0 Å². The number of para-hydroxylation sites is 1. The summed E-state index contributed by atoms with van der Waals surface area (Å²) in [7, 11) is 0. The molecule has 5 nitrogen and oxygen atoms in total. The molecule has 154 valence electrons. The van der Waals surface area contributed by atoms with Crippen LogP contribution in [0.25, 0.3) is 10.6 Å². The first-order valence-corrected chi connectivity index (χ1v) is 10.8. The summed E-state index contributed by atoms with van der Waals surface area (Å²) >= 11 is 1.40. The highest BCUT2D eigenvalue weighted by Gasteiger charge is 2.27. The van der Waals surface area contributed by atoms with Gasteiger partial charge in [-0.3, -0.25) is 9.59 Å². The summed E-state index contributed by atoms with van der Waals surface area (Å²) in [6.45, 7) is 1.12. The van der Waals surface area contributed by atoms with Crippen LogP contribution in [0.2, 0.25) is 0 Å². The smallest absolute Gasteiger partial charge is 0.228 e. The van der Waals surface area contributed by atoms with E-state index >= 15 is 0 Å². The number of halogens is 1. The number of piperidine rings is 1. The average molecular weight is 424 g/mol. The van der Waals surface area contributed by atoms with Crippen LogP contribution in [0.15, 0.2) is 60.0 Å². The molecule has 1 aliphatic rings. The summed E-state index contributed by atoms with van der Waals surface area (Å²) in [5.74, 6) is -0.381. The molecule has 0 bridgehead atoms. The Hall–Kier alpha value is -3.06. The van der Waals surface area contributed by atoms with Crippen LogP contribution in [0.5, 0.6) is 0 Å². The van der Waals surface area contributed by atoms with Gasteiger partial charge in [0.15, 0.2) is 0 Å². The van der Waals surface area contributed by atoms with Crippen LogP contribution < -0.4 is 5.32 Å². The third kappa shape index (κ3) is 4.91. The molecule has 0 atom stereocenters. The molecule has 2 amide bonds. The van der Waals surface area contributed by atoms with Gasteiger partial charge in [-0.15, -0.1) is 11.3 Å². The normalized spacial score (nSPS) is 14.5. The summed E-state index contributed by atoms with van der Waals surface area (Å²) in [5.41, 5.74) is 2.19. The fourth-order valence-electron chi connectivity index (χ4n) is 3.57. The first kappa shape index (κ1) is 20.2. The molecule has 0 saturated carbocycles. The average Bonchev–Trinajstić information content (AvgIpc) is 3.23. The quantitative estimate of drug-likeness (QED) is 0.663. The molecule has 0 radical (unpaired) electrons. The Morgan fingerprint density at radius 2 is 1.87 bits per heavy atom. The van der Waals surface area contributed by atoms with Crippen molar-refractivity contribution in [2.24, 2.45) is 5.92 Å². The zero-order valence-corrected chi connectivity index (χ0v) is 17.2. The minimum atomic E-state index is -0.306. The van der Waals surface area contributed by atoms with Crippen LogP contribution in [-0.4, -0.2) is 34.8 Å². The summed E-state index contributed by atoms with van der Waals surface area (Å²) in [5, 5.41) is 5.49. The first-order valence-electron chi connectivity index (χ1n) is 9.92. The largest absolute Gasteiger partial charge is 0.342 e. The van der Waals surface area contributed by atoms with Gasteiger partial charge in [0.1, 0.15) is 10.8 Å². The van der Waals surface area contributed by atoms with Crippen LogP contribution in [-0.2, 0) is 16.0 Å². The van der Waals surface area contributed by atoms with Gasteiger partial charge >= 0.3 is 0 Å². The predicted octanol–water partition coefficient (Wildman–Crippen LogP) is 4.37. The van der Waals surface area contributed by atoms with Crippen LogP contribution in [0.3, 0.4) is 0 Å². The fourth-order valence-corrected chi connectivity index (χ4v) is 4.38. The molecule has 1 aliphatic heterocycles. The Balaban J connectivity index is 1.29. The Labute approximate surface area is 178 Å². The Kier molecular flexibility index (Phi) is 6.18. The number of nitrogens with zero attached hydrogens (tertiary/aromatic N) is 2. The number of amides is 2. The highest BCUT2D eigenvalue weighted by atomic mass is 32.1. The molecule has 2 heterocycles.